The lowest BCUT2D eigenvalue weighted by Gasteiger charge is -2.26. The molecule has 138 valence electrons. The minimum Gasteiger partial charge on any atom is -0.378 e. The van der Waals surface area contributed by atoms with Crippen LogP contribution in [0.3, 0.4) is 0 Å². The number of aromatic nitrogens is 2. The Morgan fingerprint density at radius 3 is 2.48 bits per heavy atom. The molecule has 0 saturated carbocycles. The third-order valence-electron chi connectivity index (χ3n) is 5.07. The predicted octanol–water partition coefficient (Wildman–Crippen LogP) is 3.54. The zero-order chi connectivity index (χ0) is 19.0. The fourth-order valence-electron chi connectivity index (χ4n) is 3.61. The molecule has 5 nitrogen and oxygen atoms in total. The lowest BCUT2D eigenvalue weighted by Crippen LogP contribution is -2.25. The van der Waals surface area contributed by atoms with Gasteiger partial charge in [0.25, 0.3) is 0 Å². The molecule has 1 aliphatic heterocycles. The molecule has 0 aliphatic carbocycles. The SMILES string of the molecule is CN(C)c1ccc(-n2cccc2[C@@H]2[C@@H](c3ccccn3)NC(=S)N2C)cc1. The Morgan fingerprint density at radius 2 is 1.81 bits per heavy atom. The van der Waals surface area contributed by atoms with E-state index in [0.717, 1.165) is 16.5 Å². The van der Waals surface area contributed by atoms with Gasteiger partial charge in [0, 0.05) is 50.6 Å². The van der Waals surface area contributed by atoms with Crippen molar-refractivity contribution in [1.29, 1.82) is 0 Å². The van der Waals surface area contributed by atoms with E-state index in [4.69, 9.17) is 12.2 Å². The monoisotopic (exact) mass is 377 g/mol. The van der Waals surface area contributed by atoms with E-state index in [1.165, 1.54) is 11.4 Å². The van der Waals surface area contributed by atoms with Gasteiger partial charge >= 0.3 is 0 Å². The summed E-state index contributed by atoms with van der Waals surface area (Å²) in [6.07, 6.45) is 3.93. The van der Waals surface area contributed by atoms with E-state index >= 15 is 0 Å². The Bertz CT molecular complexity index is 933. The molecule has 1 aliphatic rings. The van der Waals surface area contributed by atoms with E-state index in [2.05, 4.69) is 67.3 Å². The van der Waals surface area contributed by atoms with Gasteiger partial charge in [0.05, 0.1) is 17.8 Å². The second kappa shape index (κ2) is 7.04. The maximum Gasteiger partial charge on any atom is 0.169 e. The zero-order valence-corrected chi connectivity index (χ0v) is 16.5. The number of benzene rings is 1. The topological polar surface area (TPSA) is 36.3 Å². The highest BCUT2D eigenvalue weighted by atomic mass is 32.1. The fraction of sp³-hybridized carbons (Fsp3) is 0.238. The molecule has 1 fully saturated rings. The summed E-state index contributed by atoms with van der Waals surface area (Å²) >= 11 is 5.55. The van der Waals surface area contributed by atoms with Crippen molar-refractivity contribution in [2.75, 3.05) is 26.0 Å². The van der Waals surface area contributed by atoms with Crippen molar-refractivity contribution in [3.05, 3.63) is 78.4 Å². The van der Waals surface area contributed by atoms with E-state index in [0.29, 0.717) is 0 Å². The minimum atomic E-state index is 0.0124. The highest BCUT2D eigenvalue weighted by molar-refractivity contribution is 7.80. The third kappa shape index (κ3) is 3.17. The van der Waals surface area contributed by atoms with Crippen LogP contribution in [0.1, 0.15) is 23.5 Å². The van der Waals surface area contributed by atoms with Crippen LogP contribution >= 0.6 is 12.2 Å². The Morgan fingerprint density at radius 1 is 1.04 bits per heavy atom. The average molecular weight is 378 g/mol. The van der Waals surface area contributed by atoms with E-state index < -0.39 is 0 Å². The molecule has 0 bridgehead atoms. The van der Waals surface area contributed by atoms with Crippen LogP contribution in [0.4, 0.5) is 5.69 Å². The van der Waals surface area contributed by atoms with Crippen LogP contribution in [0.2, 0.25) is 0 Å². The van der Waals surface area contributed by atoms with Crippen LogP contribution in [0, 0.1) is 0 Å². The van der Waals surface area contributed by atoms with Gasteiger partial charge < -0.3 is 19.7 Å². The van der Waals surface area contributed by atoms with Gasteiger partial charge in [-0.25, -0.2) is 0 Å². The van der Waals surface area contributed by atoms with Crippen LogP contribution in [0.25, 0.3) is 5.69 Å². The van der Waals surface area contributed by atoms with Crippen molar-refractivity contribution in [2.45, 2.75) is 12.1 Å². The first kappa shape index (κ1) is 17.5. The van der Waals surface area contributed by atoms with Gasteiger partial charge in [-0.05, 0) is 60.7 Å². The summed E-state index contributed by atoms with van der Waals surface area (Å²) < 4.78 is 2.23. The molecule has 2 aromatic heterocycles. The van der Waals surface area contributed by atoms with Gasteiger partial charge in [-0.3, -0.25) is 4.98 Å². The largest absolute Gasteiger partial charge is 0.378 e. The molecule has 6 heteroatoms. The van der Waals surface area contributed by atoms with Crippen LogP contribution in [0.5, 0.6) is 0 Å². The smallest absolute Gasteiger partial charge is 0.169 e. The third-order valence-corrected chi connectivity index (χ3v) is 5.47. The molecule has 0 amide bonds. The molecule has 0 spiro atoms. The fourth-order valence-corrected chi connectivity index (χ4v) is 3.85. The first-order valence-electron chi connectivity index (χ1n) is 8.95. The number of nitrogens with one attached hydrogen (secondary N) is 1. The van der Waals surface area contributed by atoms with Gasteiger partial charge in [-0.15, -0.1) is 0 Å². The lowest BCUT2D eigenvalue weighted by molar-refractivity contribution is 0.357. The number of likely N-dealkylation sites (N-methyl/N-ethyl adjacent to an activating group) is 1. The molecule has 1 saturated heterocycles. The molecular formula is C21H23N5S. The highest BCUT2D eigenvalue weighted by Crippen LogP contribution is 2.38. The molecular weight excluding hydrogens is 354 g/mol. The summed E-state index contributed by atoms with van der Waals surface area (Å²) in [5.41, 5.74) is 4.48. The Balaban J connectivity index is 1.74. The maximum absolute atomic E-state index is 5.55. The van der Waals surface area contributed by atoms with Gasteiger partial charge in [-0.2, -0.15) is 0 Å². The quantitative estimate of drug-likeness (QED) is 0.704. The molecule has 0 unspecified atom stereocenters. The first-order chi connectivity index (χ1) is 13.1. The molecule has 3 aromatic rings. The number of pyridine rings is 1. The standard InChI is InChI=1S/C21H23N5S/c1-24(2)15-9-11-16(12-10-15)26-14-6-8-18(26)20-19(23-21(27)25(20)3)17-7-4-5-13-22-17/h4-14,19-20H,1-3H3,(H,23,27)/t19-,20-/m1/s1. The summed E-state index contributed by atoms with van der Waals surface area (Å²) in [5.74, 6) is 0. The van der Waals surface area contributed by atoms with Crippen LogP contribution < -0.4 is 10.2 Å². The molecule has 2 atom stereocenters. The van der Waals surface area contributed by atoms with Crippen molar-refractivity contribution >= 4 is 23.0 Å². The number of nitrogens with zero attached hydrogens (tertiary/aromatic N) is 4. The molecule has 1 N–H and O–H groups in total. The minimum absolute atomic E-state index is 0.0124. The molecule has 3 heterocycles. The highest BCUT2D eigenvalue weighted by Gasteiger charge is 2.39. The predicted molar refractivity (Wildman–Crippen MR) is 113 cm³/mol. The van der Waals surface area contributed by atoms with E-state index in [-0.39, 0.29) is 12.1 Å². The Labute approximate surface area is 165 Å². The Hall–Kier alpha value is -2.86. The Kier molecular flexibility index (Phi) is 4.58. The molecule has 27 heavy (non-hydrogen) atoms. The van der Waals surface area contributed by atoms with E-state index in [9.17, 15) is 0 Å². The summed E-state index contributed by atoms with van der Waals surface area (Å²) in [6.45, 7) is 0. The second-order valence-corrected chi connectivity index (χ2v) is 7.34. The average Bonchev–Trinajstić information content (AvgIpc) is 3.27. The number of hydrogen-bond donors (Lipinski definition) is 1. The summed E-state index contributed by atoms with van der Waals surface area (Å²) in [4.78, 5) is 8.78. The zero-order valence-electron chi connectivity index (χ0n) is 15.7. The number of thiocarbonyl (C=S) groups is 1. The first-order valence-corrected chi connectivity index (χ1v) is 9.36. The number of anilines is 1. The number of hydrogen-bond acceptors (Lipinski definition) is 3. The maximum atomic E-state index is 5.55. The van der Waals surface area contributed by atoms with Crippen molar-refractivity contribution in [1.82, 2.24) is 19.8 Å². The normalized spacial score (nSPS) is 19.2. The van der Waals surface area contributed by atoms with Gasteiger partial charge in [0.2, 0.25) is 0 Å². The van der Waals surface area contributed by atoms with Crippen molar-refractivity contribution in [2.24, 2.45) is 0 Å². The van der Waals surface area contributed by atoms with Gasteiger partial charge in [-0.1, -0.05) is 6.07 Å². The lowest BCUT2D eigenvalue weighted by atomic mass is 10.0. The molecule has 0 radical (unpaired) electrons. The number of rotatable bonds is 4. The van der Waals surface area contributed by atoms with Crippen molar-refractivity contribution in [3.63, 3.8) is 0 Å². The van der Waals surface area contributed by atoms with Crippen molar-refractivity contribution in [3.8, 4) is 5.69 Å². The summed E-state index contributed by atoms with van der Waals surface area (Å²) in [5, 5.41) is 4.18. The van der Waals surface area contributed by atoms with E-state index in [1.807, 2.05) is 45.5 Å². The molecule has 1 aromatic carbocycles. The van der Waals surface area contributed by atoms with Crippen LogP contribution in [0.15, 0.2) is 67.0 Å². The summed E-state index contributed by atoms with van der Waals surface area (Å²) in [6, 6.07) is 18.9. The van der Waals surface area contributed by atoms with Gasteiger partial charge in [0.15, 0.2) is 5.11 Å². The van der Waals surface area contributed by atoms with Crippen LogP contribution in [-0.4, -0.2) is 40.7 Å². The second-order valence-electron chi connectivity index (χ2n) is 6.95. The van der Waals surface area contributed by atoms with Crippen LogP contribution in [-0.2, 0) is 0 Å². The summed E-state index contributed by atoms with van der Waals surface area (Å²) in [7, 11) is 6.14. The van der Waals surface area contributed by atoms with Crippen molar-refractivity contribution < 1.29 is 0 Å². The molecule has 4 rings (SSSR count). The van der Waals surface area contributed by atoms with Gasteiger partial charge in [0.1, 0.15) is 0 Å². The van der Waals surface area contributed by atoms with E-state index in [1.54, 1.807) is 0 Å².